The van der Waals surface area contributed by atoms with Crippen molar-refractivity contribution in [3.63, 3.8) is 0 Å². The lowest BCUT2D eigenvalue weighted by Gasteiger charge is -2.10. The molecule has 0 fully saturated rings. The maximum Gasteiger partial charge on any atom is 0.273 e. The topological polar surface area (TPSA) is 88.5 Å². The summed E-state index contributed by atoms with van der Waals surface area (Å²) in [5.41, 5.74) is 3.05. The number of rotatable bonds is 4. The van der Waals surface area contributed by atoms with E-state index in [1.807, 2.05) is 47.9 Å². The maximum absolute atomic E-state index is 12.8. The number of aromatic amines is 1. The van der Waals surface area contributed by atoms with Gasteiger partial charge < -0.3 is 14.9 Å². The van der Waals surface area contributed by atoms with E-state index in [4.69, 9.17) is 0 Å². The van der Waals surface area contributed by atoms with Gasteiger partial charge >= 0.3 is 0 Å². The van der Waals surface area contributed by atoms with Crippen molar-refractivity contribution in [2.24, 2.45) is 0 Å². The van der Waals surface area contributed by atoms with Crippen LogP contribution in [0, 0.1) is 6.92 Å². The van der Waals surface area contributed by atoms with Crippen molar-refractivity contribution in [1.82, 2.24) is 24.7 Å². The van der Waals surface area contributed by atoms with E-state index in [1.54, 1.807) is 12.4 Å². The number of aromatic nitrogens is 5. The minimum Gasteiger partial charge on any atom is -0.350 e. The summed E-state index contributed by atoms with van der Waals surface area (Å²) in [7, 11) is 0. The molecule has 0 bridgehead atoms. The summed E-state index contributed by atoms with van der Waals surface area (Å²) < 4.78 is 1.94. The van der Waals surface area contributed by atoms with Gasteiger partial charge in [-0.25, -0.2) is 4.98 Å². The number of para-hydroxylation sites is 1. The monoisotopic (exact) mass is 360 g/mol. The Morgan fingerprint density at radius 2 is 1.96 bits per heavy atom. The average Bonchev–Trinajstić information content (AvgIpc) is 3.28. The first kappa shape index (κ1) is 17.0. The molecule has 0 atom stereocenters. The molecule has 0 unspecified atom stereocenters. The highest BCUT2D eigenvalue weighted by Crippen LogP contribution is 2.23. The number of nitrogens with zero attached hydrogens (tertiary/aromatic N) is 4. The normalized spacial score (nSPS) is 11.3. The molecule has 1 aromatic carbocycles. The van der Waals surface area contributed by atoms with Gasteiger partial charge in [0.15, 0.2) is 5.82 Å². The lowest BCUT2D eigenvalue weighted by atomic mass is 10.1. The molecule has 2 N–H and O–H groups in total. The number of hydrogen-bond donors (Lipinski definition) is 2. The van der Waals surface area contributed by atoms with Gasteiger partial charge in [-0.1, -0.05) is 24.3 Å². The minimum atomic E-state index is -0.223. The molecule has 0 aliphatic rings. The smallest absolute Gasteiger partial charge is 0.273 e. The first-order chi connectivity index (χ1) is 13.0. The minimum absolute atomic E-state index is 0.212. The summed E-state index contributed by atoms with van der Waals surface area (Å²) in [4.78, 5) is 20.5. The fourth-order valence-electron chi connectivity index (χ4n) is 3.12. The summed E-state index contributed by atoms with van der Waals surface area (Å²) in [6.07, 6.45) is 1.68. The number of benzene rings is 1. The Morgan fingerprint density at radius 1 is 1.15 bits per heavy atom. The zero-order valence-corrected chi connectivity index (χ0v) is 15.4. The molecule has 3 heterocycles. The molecule has 0 spiro atoms. The Morgan fingerprint density at radius 3 is 2.74 bits per heavy atom. The van der Waals surface area contributed by atoms with E-state index in [0.29, 0.717) is 23.0 Å². The number of carbonyl (C=O) groups excluding carboxylic acids is 1. The van der Waals surface area contributed by atoms with Crippen LogP contribution in [0.1, 0.15) is 35.9 Å². The van der Waals surface area contributed by atoms with E-state index in [1.165, 1.54) is 0 Å². The van der Waals surface area contributed by atoms with Crippen molar-refractivity contribution in [2.75, 3.05) is 5.32 Å². The summed E-state index contributed by atoms with van der Waals surface area (Å²) >= 11 is 0. The number of fused-ring (bicyclic) bond motifs is 1. The van der Waals surface area contributed by atoms with Crippen molar-refractivity contribution >= 4 is 22.6 Å². The number of hydrogen-bond acceptors (Lipinski definition) is 4. The molecule has 0 radical (unpaired) electrons. The lowest BCUT2D eigenvalue weighted by molar-refractivity contribution is 0.102. The highest BCUT2D eigenvalue weighted by Gasteiger charge is 2.16. The lowest BCUT2D eigenvalue weighted by Crippen LogP contribution is -2.15. The molecule has 136 valence electrons. The van der Waals surface area contributed by atoms with Gasteiger partial charge in [0, 0.05) is 16.9 Å². The SMILES string of the molecule is Cc1c(C(=O)Nc2cccc(-c3nncn3C(C)C)n2)[nH]c2ccccc12. The highest BCUT2D eigenvalue weighted by atomic mass is 16.1. The predicted molar refractivity (Wildman–Crippen MR) is 105 cm³/mol. The molecule has 27 heavy (non-hydrogen) atoms. The molecule has 7 nitrogen and oxygen atoms in total. The molecule has 1 amide bonds. The van der Waals surface area contributed by atoms with Gasteiger partial charge in [0.1, 0.15) is 23.5 Å². The number of pyridine rings is 1. The molecular weight excluding hydrogens is 340 g/mol. The van der Waals surface area contributed by atoms with Crippen LogP contribution in [0.15, 0.2) is 48.8 Å². The quantitative estimate of drug-likeness (QED) is 0.576. The van der Waals surface area contributed by atoms with Gasteiger partial charge in [-0.3, -0.25) is 4.79 Å². The average molecular weight is 360 g/mol. The summed E-state index contributed by atoms with van der Waals surface area (Å²) in [5, 5.41) is 12.0. The second-order valence-corrected chi connectivity index (χ2v) is 6.69. The molecule has 7 heteroatoms. The number of anilines is 1. The third-order valence-electron chi connectivity index (χ3n) is 4.54. The van der Waals surface area contributed by atoms with E-state index in [0.717, 1.165) is 16.5 Å². The highest BCUT2D eigenvalue weighted by molar-refractivity contribution is 6.07. The Labute approximate surface area is 156 Å². The van der Waals surface area contributed by atoms with Crippen LogP contribution >= 0.6 is 0 Å². The molecule has 4 rings (SSSR count). The fourth-order valence-corrected chi connectivity index (χ4v) is 3.12. The van der Waals surface area contributed by atoms with Crippen molar-refractivity contribution in [3.05, 3.63) is 60.0 Å². The van der Waals surface area contributed by atoms with E-state index < -0.39 is 0 Å². The first-order valence-corrected chi connectivity index (χ1v) is 8.80. The molecular formula is C20H20N6O. The zero-order chi connectivity index (χ0) is 19.0. The predicted octanol–water partition coefficient (Wildman–Crippen LogP) is 3.96. The third-order valence-corrected chi connectivity index (χ3v) is 4.54. The van der Waals surface area contributed by atoms with Crippen LogP contribution in [0.5, 0.6) is 0 Å². The van der Waals surface area contributed by atoms with Crippen molar-refractivity contribution in [2.45, 2.75) is 26.8 Å². The Balaban J connectivity index is 1.64. The Hall–Kier alpha value is -3.48. The van der Waals surface area contributed by atoms with Crippen molar-refractivity contribution < 1.29 is 4.79 Å². The zero-order valence-electron chi connectivity index (χ0n) is 15.4. The van der Waals surface area contributed by atoms with Crippen LogP contribution in [-0.2, 0) is 0 Å². The van der Waals surface area contributed by atoms with Crippen LogP contribution in [0.2, 0.25) is 0 Å². The van der Waals surface area contributed by atoms with Crippen LogP contribution < -0.4 is 5.32 Å². The van der Waals surface area contributed by atoms with Gasteiger partial charge in [0.25, 0.3) is 5.91 Å². The Kier molecular flexibility index (Phi) is 4.19. The number of carbonyl (C=O) groups is 1. The number of amides is 1. The molecule has 0 saturated heterocycles. The second kappa shape index (κ2) is 6.68. The molecule has 4 aromatic rings. The van der Waals surface area contributed by atoms with Gasteiger partial charge in [-0.2, -0.15) is 0 Å². The molecule has 0 saturated carbocycles. The van der Waals surface area contributed by atoms with Gasteiger partial charge in [0.2, 0.25) is 0 Å². The maximum atomic E-state index is 12.8. The van der Waals surface area contributed by atoms with Crippen LogP contribution in [-0.4, -0.2) is 30.6 Å². The molecule has 3 aromatic heterocycles. The second-order valence-electron chi connectivity index (χ2n) is 6.69. The van der Waals surface area contributed by atoms with E-state index in [9.17, 15) is 4.79 Å². The van der Waals surface area contributed by atoms with Crippen LogP contribution in [0.25, 0.3) is 22.4 Å². The van der Waals surface area contributed by atoms with Gasteiger partial charge in [0.05, 0.1) is 0 Å². The fraction of sp³-hybridized carbons (Fsp3) is 0.200. The standard InChI is InChI=1S/C20H20N6O/c1-12(2)26-11-21-25-19(26)16-9-6-10-17(22-16)24-20(27)18-13(3)14-7-4-5-8-15(14)23-18/h4-12,23H,1-3H3,(H,22,24,27). The third kappa shape index (κ3) is 3.08. The van der Waals surface area contributed by atoms with E-state index >= 15 is 0 Å². The van der Waals surface area contributed by atoms with Crippen molar-refractivity contribution in [1.29, 1.82) is 0 Å². The van der Waals surface area contributed by atoms with E-state index in [-0.39, 0.29) is 11.9 Å². The van der Waals surface area contributed by atoms with Crippen LogP contribution in [0.4, 0.5) is 5.82 Å². The molecule has 0 aliphatic carbocycles. The first-order valence-electron chi connectivity index (χ1n) is 8.80. The van der Waals surface area contributed by atoms with E-state index in [2.05, 4.69) is 39.3 Å². The van der Waals surface area contributed by atoms with Gasteiger partial charge in [-0.05, 0) is 44.5 Å². The Bertz CT molecular complexity index is 1120. The van der Waals surface area contributed by atoms with Crippen LogP contribution in [0.3, 0.4) is 0 Å². The summed E-state index contributed by atoms with van der Waals surface area (Å²) in [5.74, 6) is 0.912. The number of nitrogens with one attached hydrogen (secondary N) is 2. The number of aryl methyl sites for hydroxylation is 1. The largest absolute Gasteiger partial charge is 0.350 e. The summed E-state index contributed by atoms with van der Waals surface area (Å²) in [6, 6.07) is 13.5. The molecule has 0 aliphatic heterocycles. The van der Waals surface area contributed by atoms with Crippen molar-refractivity contribution in [3.8, 4) is 11.5 Å². The van der Waals surface area contributed by atoms with Gasteiger partial charge in [-0.15, -0.1) is 10.2 Å². The number of H-pyrrole nitrogens is 1. The summed E-state index contributed by atoms with van der Waals surface area (Å²) in [6.45, 7) is 6.04.